The summed E-state index contributed by atoms with van der Waals surface area (Å²) in [5, 5.41) is 9.56. The molecule has 1 amide bonds. The standard InChI is InChI=1S/C20H24N4O2S/c1-14(2)12-24-18(17-6-5-11-26-17)21-22-20(24)27-13-15-7-9-16(10-8-15)19(25)23(3)4/h5-11,14H,12-13H2,1-4H3. The maximum Gasteiger partial charge on any atom is 0.253 e. The topological polar surface area (TPSA) is 64.2 Å². The molecule has 0 unspecified atom stereocenters. The average molecular weight is 385 g/mol. The van der Waals surface area contributed by atoms with Crippen LogP contribution < -0.4 is 0 Å². The summed E-state index contributed by atoms with van der Waals surface area (Å²) in [7, 11) is 3.51. The van der Waals surface area contributed by atoms with E-state index in [9.17, 15) is 4.79 Å². The first-order valence-corrected chi connectivity index (χ1v) is 9.84. The van der Waals surface area contributed by atoms with Crippen LogP contribution in [0.25, 0.3) is 11.6 Å². The Labute approximate surface area is 163 Å². The van der Waals surface area contributed by atoms with Gasteiger partial charge in [0.25, 0.3) is 5.91 Å². The first-order valence-electron chi connectivity index (χ1n) is 8.86. The van der Waals surface area contributed by atoms with Gasteiger partial charge in [-0.3, -0.25) is 9.36 Å². The summed E-state index contributed by atoms with van der Waals surface area (Å²) in [5.74, 6) is 2.70. The molecule has 1 aromatic carbocycles. The molecule has 27 heavy (non-hydrogen) atoms. The Hall–Kier alpha value is -2.54. The largest absolute Gasteiger partial charge is 0.461 e. The van der Waals surface area contributed by atoms with Crippen LogP contribution in [-0.2, 0) is 12.3 Å². The van der Waals surface area contributed by atoms with E-state index in [0.29, 0.717) is 11.5 Å². The Morgan fingerprint density at radius 1 is 1.19 bits per heavy atom. The molecule has 2 heterocycles. The molecule has 3 aromatic rings. The Morgan fingerprint density at radius 3 is 2.52 bits per heavy atom. The van der Waals surface area contributed by atoms with E-state index in [1.807, 2.05) is 36.4 Å². The van der Waals surface area contributed by atoms with E-state index in [0.717, 1.165) is 34.6 Å². The minimum atomic E-state index is 0.00830. The average Bonchev–Trinajstić information content (AvgIpc) is 3.29. The molecule has 0 N–H and O–H groups in total. The van der Waals surface area contributed by atoms with Crippen molar-refractivity contribution in [1.82, 2.24) is 19.7 Å². The monoisotopic (exact) mass is 384 g/mol. The van der Waals surface area contributed by atoms with E-state index in [-0.39, 0.29) is 5.91 Å². The summed E-state index contributed by atoms with van der Waals surface area (Å²) in [6, 6.07) is 11.5. The van der Waals surface area contributed by atoms with E-state index in [1.165, 1.54) is 0 Å². The van der Waals surface area contributed by atoms with Crippen LogP contribution in [0.2, 0.25) is 0 Å². The molecule has 0 aliphatic heterocycles. The number of furan rings is 1. The van der Waals surface area contributed by atoms with Crippen molar-refractivity contribution in [1.29, 1.82) is 0 Å². The number of rotatable bonds is 7. The number of nitrogens with zero attached hydrogens (tertiary/aromatic N) is 4. The zero-order valence-corrected chi connectivity index (χ0v) is 16.9. The number of thioether (sulfide) groups is 1. The van der Waals surface area contributed by atoms with Crippen molar-refractivity contribution in [3.8, 4) is 11.6 Å². The molecule has 0 fully saturated rings. The second-order valence-corrected chi connectivity index (χ2v) is 7.92. The highest BCUT2D eigenvalue weighted by Gasteiger charge is 2.17. The number of hydrogen-bond donors (Lipinski definition) is 0. The van der Waals surface area contributed by atoms with Gasteiger partial charge in [0.1, 0.15) is 0 Å². The van der Waals surface area contributed by atoms with Gasteiger partial charge in [-0.05, 0) is 35.7 Å². The van der Waals surface area contributed by atoms with Crippen LogP contribution in [0.15, 0.2) is 52.2 Å². The zero-order valence-electron chi connectivity index (χ0n) is 16.0. The van der Waals surface area contributed by atoms with Gasteiger partial charge >= 0.3 is 0 Å². The molecule has 0 atom stereocenters. The third kappa shape index (κ3) is 4.60. The van der Waals surface area contributed by atoms with Gasteiger partial charge in [0, 0.05) is 32.0 Å². The van der Waals surface area contributed by atoms with Crippen molar-refractivity contribution >= 4 is 17.7 Å². The third-order valence-electron chi connectivity index (χ3n) is 3.98. The molecule has 3 rings (SSSR count). The van der Waals surface area contributed by atoms with Crippen molar-refractivity contribution in [2.45, 2.75) is 31.3 Å². The number of benzene rings is 1. The first-order chi connectivity index (χ1) is 13.0. The maximum atomic E-state index is 12.0. The van der Waals surface area contributed by atoms with E-state index >= 15 is 0 Å². The first kappa shape index (κ1) is 19.2. The second kappa shape index (κ2) is 8.43. The minimum Gasteiger partial charge on any atom is -0.461 e. The Kier molecular flexibility index (Phi) is 6.01. The number of amides is 1. The van der Waals surface area contributed by atoms with Gasteiger partial charge in [-0.1, -0.05) is 37.7 Å². The van der Waals surface area contributed by atoms with E-state index in [2.05, 4.69) is 28.6 Å². The minimum absolute atomic E-state index is 0.00830. The molecule has 2 aromatic heterocycles. The lowest BCUT2D eigenvalue weighted by atomic mass is 10.1. The summed E-state index contributed by atoms with van der Waals surface area (Å²) < 4.78 is 7.61. The molecule has 0 saturated heterocycles. The van der Waals surface area contributed by atoms with E-state index in [4.69, 9.17) is 4.42 Å². The highest BCUT2D eigenvalue weighted by atomic mass is 32.2. The van der Waals surface area contributed by atoms with Crippen molar-refractivity contribution in [3.05, 3.63) is 53.8 Å². The van der Waals surface area contributed by atoms with Gasteiger partial charge in [-0.15, -0.1) is 10.2 Å². The molecule has 6 nitrogen and oxygen atoms in total. The van der Waals surface area contributed by atoms with Crippen molar-refractivity contribution in [2.75, 3.05) is 14.1 Å². The van der Waals surface area contributed by atoms with Crippen LogP contribution >= 0.6 is 11.8 Å². The second-order valence-electron chi connectivity index (χ2n) is 6.97. The highest BCUT2D eigenvalue weighted by molar-refractivity contribution is 7.98. The molecule has 0 saturated carbocycles. The van der Waals surface area contributed by atoms with Crippen LogP contribution in [0, 0.1) is 5.92 Å². The van der Waals surface area contributed by atoms with Gasteiger partial charge in [0.15, 0.2) is 16.7 Å². The summed E-state index contributed by atoms with van der Waals surface area (Å²) in [5.41, 5.74) is 1.82. The molecule has 142 valence electrons. The summed E-state index contributed by atoms with van der Waals surface area (Å²) >= 11 is 1.63. The van der Waals surface area contributed by atoms with E-state index < -0.39 is 0 Å². The fraction of sp³-hybridized carbons (Fsp3) is 0.350. The van der Waals surface area contributed by atoms with Crippen LogP contribution in [0.4, 0.5) is 0 Å². The van der Waals surface area contributed by atoms with Crippen molar-refractivity contribution in [2.24, 2.45) is 5.92 Å². The van der Waals surface area contributed by atoms with Crippen molar-refractivity contribution < 1.29 is 9.21 Å². The number of hydrogen-bond acceptors (Lipinski definition) is 5. The van der Waals surface area contributed by atoms with Crippen LogP contribution in [-0.4, -0.2) is 39.7 Å². The molecule has 0 aliphatic rings. The summed E-state index contributed by atoms with van der Waals surface area (Å²) in [6.07, 6.45) is 1.65. The van der Waals surface area contributed by atoms with Gasteiger partial charge in [0.2, 0.25) is 0 Å². The van der Waals surface area contributed by atoms with Gasteiger partial charge in [-0.2, -0.15) is 0 Å². The number of aromatic nitrogens is 3. The summed E-state index contributed by atoms with van der Waals surface area (Å²) in [4.78, 5) is 13.6. The van der Waals surface area contributed by atoms with E-state index in [1.54, 1.807) is 37.0 Å². The molecule has 0 bridgehead atoms. The maximum absolute atomic E-state index is 12.0. The molecule has 0 spiro atoms. The fourth-order valence-electron chi connectivity index (χ4n) is 2.66. The Bertz CT molecular complexity index is 883. The summed E-state index contributed by atoms with van der Waals surface area (Å²) in [6.45, 7) is 5.16. The lowest BCUT2D eigenvalue weighted by Crippen LogP contribution is -2.21. The lowest BCUT2D eigenvalue weighted by Gasteiger charge is -2.12. The zero-order chi connectivity index (χ0) is 19.4. The Morgan fingerprint density at radius 2 is 1.93 bits per heavy atom. The van der Waals surface area contributed by atoms with Gasteiger partial charge in [0.05, 0.1) is 6.26 Å². The smallest absolute Gasteiger partial charge is 0.253 e. The molecular formula is C20H24N4O2S. The van der Waals surface area contributed by atoms with Crippen LogP contribution in [0.3, 0.4) is 0 Å². The molecular weight excluding hydrogens is 360 g/mol. The lowest BCUT2D eigenvalue weighted by molar-refractivity contribution is 0.0827. The van der Waals surface area contributed by atoms with Crippen LogP contribution in [0.1, 0.15) is 29.8 Å². The number of carbonyl (C=O) groups is 1. The molecule has 7 heteroatoms. The normalized spacial score (nSPS) is 11.1. The third-order valence-corrected chi connectivity index (χ3v) is 5.02. The predicted molar refractivity (Wildman–Crippen MR) is 107 cm³/mol. The quantitative estimate of drug-likeness (QED) is 0.572. The van der Waals surface area contributed by atoms with Crippen LogP contribution in [0.5, 0.6) is 0 Å². The fourth-order valence-corrected chi connectivity index (χ4v) is 3.57. The molecule has 0 radical (unpaired) electrons. The number of carbonyl (C=O) groups excluding carboxylic acids is 1. The highest BCUT2D eigenvalue weighted by Crippen LogP contribution is 2.27. The predicted octanol–water partition coefficient (Wildman–Crippen LogP) is 4.19. The van der Waals surface area contributed by atoms with Gasteiger partial charge in [-0.25, -0.2) is 0 Å². The van der Waals surface area contributed by atoms with Gasteiger partial charge < -0.3 is 9.32 Å². The SMILES string of the molecule is CC(C)Cn1c(SCc2ccc(C(=O)N(C)C)cc2)nnc1-c1ccco1. The van der Waals surface area contributed by atoms with Crippen molar-refractivity contribution in [3.63, 3.8) is 0 Å². The molecule has 0 aliphatic carbocycles. The Balaban J connectivity index is 1.75.